The standard InChI is InChI=1S/C15H21NO2S/c1-2-19-13-7-5-6-12(10-13)11-16-9-4-3-8-14(16)15(17)18/h5-7,10,14H,2-4,8-9,11H2,1H3,(H,17,18). The molecule has 1 heterocycles. The van der Waals surface area contributed by atoms with Crippen molar-refractivity contribution in [1.82, 2.24) is 4.90 Å². The molecule has 0 saturated carbocycles. The molecule has 4 heteroatoms. The molecule has 1 N–H and O–H groups in total. The number of nitrogens with zero attached hydrogens (tertiary/aromatic N) is 1. The van der Waals surface area contributed by atoms with Gasteiger partial charge in [-0.2, -0.15) is 0 Å². The fourth-order valence-corrected chi connectivity index (χ4v) is 3.34. The second-order valence-electron chi connectivity index (χ2n) is 4.90. The Balaban J connectivity index is 2.06. The molecule has 1 aromatic carbocycles. The van der Waals surface area contributed by atoms with Crippen molar-refractivity contribution in [2.24, 2.45) is 0 Å². The number of benzene rings is 1. The highest BCUT2D eigenvalue weighted by Gasteiger charge is 2.28. The zero-order valence-corrected chi connectivity index (χ0v) is 12.2. The third kappa shape index (κ3) is 3.98. The van der Waals surface area contributed by atoms with Crippen LogP contribution in [0.1, 0.15) is 31.7 Å². The number of hydrogen-bond acceptors (Lipinski definition) is 3. The van der Waals surface area contributed by atoms with E-state index in [1.807, 2.05) is 11.8 Å². The lowest BCUT2D eigenvalue weighted by molar-refractivity contribution is -0.144. The molecule has 0 radical (unpaired) electrons. The molecule has 2 rings (SSSR count). The summed E-state index contributed by atoms with van der Waals surface area (Å²) in [5, 5.41) is 9.28. The van der Waals surface area contributed by atoms with Crippen molar-refractivity contribution in [3.8, 4) is 0 Å². The van der Waals surface area contributed by atoms with Crippen LogP contribution in [-0.2, 0) is 11.3 Å². The molecular weight excluding hydrogens is 258 g/mol. The largest absolute Gasteiger partial charge is 0.480 e. The second kappa shape index (κ2) is 6.96. The summed E-state index contributed by atoms with van der Waals surface area (Å²) in [6.45, 7) is 3.78. The van der Waals surface area contributed by atoms with Crippen LogP contribution in [0.4, 0.5) is 0 Å². The molecule has 3 nitrogen and oxygen atoms in total. The molecular formula is C15H21NO2S. The number of thioether (sulfide) groups is 1. The first-order valence-electron chi connectivity index (χ1n) is 6.89. The number of piperidine rings is 1. The van der Waals surface area contributed by atoms with Gasteiger partial charge in [0, 0.05) is 11.4 Å². The van der Waals surface area contributed by atoms with Gasteiger partial charge in [-0.25, -0.2) is 0 Å². The Kier molecular flexibility index (Phi) is 5.28. The Hall–Kier alpha value is -1.00. The summed E-state index contributed by atoms with van der Waals surface area (Å²) in [5.74, 6) is 0.379. The Bertz CT molecular complexity index is 436. The highest BCUT2D eigenvalue weighted by Crippen LogP contribution is 2.23. The summed E-state index contributed by atoms with van der Waals surface area (Å²) in [6, 6.07) is 8.14. The molecule has 0 aliphatic carbocycles. The van der Waals surface area contributed by atoms with Gasteiger partial charge in [0.2, 0.25) is 0 Å². The predicted molar refractivity (Wildman–Crippen MR) is 78.5 cm³/mol. The predicted octanol–water partition coefficient (Wildman–Crippen LogP) is 3.24. The Morgan fingerprint density at radius 3 is 3.05 bits per heavy atom. The van der Waals surface area contributed by atoms with E-state index in [4.69, 9.17) is 0 Å². The fourth-order valence-electron chi connectivity index (χ4n) is 2.59. The first kappa shape index (κ1) is 14.4. The fraction of sp³-hybridized carbons (Fsp3) is 0.533. The molecule has 104 valence electrons. The number of carboxylic acid groups (broad SMARTS) is 1. The average molecular weight is 279 g/mol. The second-order valence-corrected chi connectivity index (χ2v) is 6.24. The van der Waals surface area contributed by atoms with Gasteiger partial charge in [0.1, 0.15) is 6.04 Å². The maximum atomic E-state index is 11.3. The normalized spacial score (nSPS) is 20.4. The van der Waals surface area contributed by atoms with Crippen LogP contribution in [0.2, 0.25) is 0 Å². The number of rotatable bonds is 5. The van der Waals surface area contributed by atoms with Crippen LogP contribution in [0.3, 0.4) is 0 Å². The van der Waals surface area contributed by atoms with Crippen molar-refractivity contribution in [1.29, 1.82) is 0 Å². The van der Waals surface area contributed by atoms with Crippen LogP contribution >= 0.6 is 11.8 Å². The van der Waals surface area contributed by atoms with Crippen molar-refractivity contribution in [3.63, 3.8) is 0 Å². The van der Waals surface area contributed by atoms with Crippen molar-refractivity contribution in [3.05, 3.63) is 29.8 Å². The van der Waals surface area contributed by atoms with Crippen molar-refractivity contribution in [2.75, 3.05) is 12.3 Å². The van der Waals surface area contributed by atoms with Crippen LogP contribution in [0.5, 0.6) is 0 Å². The average Bonchev–Trinajstić information content (AvgIpc) is 2.40. The van der Waals surface area contributed by atoms with E-state index >= 15 is 0 Å². The molecule has 1 atom stereocenters. The van der Waals surface area contributed by atoms with Gasteiger partial charge in [-0.1, -0.05) is 25.5 Å². The van der Waals surface area contributed by atoms with Gasteiger partial charge >= 0.3 is 5.97 Å². The van der Waals surface area contributed by atoms with Crippen LogP contribution in [0.25, 0.3) is 0 Å². The van der Waals surface area contributed by atoms with E-state index in [0.29, 0.717) is 0 Å². The molecule has 0 bridgehead atoms. The summed E-state index contributed by atoms with van der Waals surface area (Å²) in [5.41, 5.74) is 1.21. The molecule has 1 unspecified atom stereocenters. The topological polar surface area (TPSA) is 40.5 Å². The number of carbonyl (C=O) groups is 1. The lowest BCUT2D eigenvalue weighted by Crippen LogP contribution is -2.43. The van der Waals surface area contributed by atoms with E-state index in [2.05, 4.69) is 36.1 Å². The van der Waals surface area contributed by atoms with Gasteiger partial charge in [0.25, 0.3) is 0 Å². The van der Waals surface area contributed by atoms with Crippen molar-refractivity contribution < 1.29 is 9.90 Å². The molecule has 1 aliphatic rings. The summed E-state index contributed by atoms with van der Waals surface area (Å²) in [7, 11) is 0. The quantitative estimate of drug-likeness (QED) is 0.840. The monoisotopic (exact) mass is 279 g/mol. The van der Waals surface area contributed by atoms with E-state index in [1.165, 1.54) is 10.5 Å². The Morgan fingerprint density at radius 2 is 2.32 bits per heavy atom. The van der Waals surface area contributed by atoms with Crippen LogP contribution in [-0.4, -0.2) is 34.3 Å². The number of carboxylic acids is 1. The zero-order chi connectivity index (χ0) is 13.7. The first-order chi connectivity index (χ1) is 9.20. The van der Waals surface area contributed by atoms with E-state index in [-0.39, 0.29) is 6.04 Å². The zero-order valence-electron chi connectivity index (χ0n) is 11.3. The van der Waals surface area contributed by atoms with E-state index in [9.17, 15) is 9.90 Å². The van der Waals surface area contributed by atoms with E-state index in [1.54, 1.807) is 0 Å². The highest BCUT2D eigenvalue weighted by atomic mass is 32.2. The lowest BCUT2D eigenvalue weighted by atomic mass is 10.0. The Morgan fingerprint density at radius 1 is 1.47 bits per heavy atom. The molecule has 1 saturated heterocycles. The maximum absolute atomic E-state index is 11.3. The molecule has 1 aromatic rings. The summed E-state index contributed by atoms with van der Waals surface area (Å²) in [6.07, 6.45) is 2.91. The van der Waals surface area contributed by atoms with Crippen molar-refractivity contribution >= 4 is 17.7 Å². The summed E-state index contributed by atoms with van der Waals surface area (Å²) in [4.78, 5) is 14.6. The maximum Gasteiger partial charge on any atom is 0.320 e. The molecule has 19 heavy (non-hydrogen) atoms. The van der Waals surface area contributed by atoms with Gasteiger partial charge in [-0.15, -0.1) is 11.8 Å². The minimum Gasteiger partial charge on any atom is -0.480 e. The Labute approximate surface area is 119 Å². The van der Waals surface area contributed by atoms with Crippen LogP contribution in [0.15, 0.2) is 29.2 Å². The molecule has 0 amide bonds. The smallest absolute Gasteiger partial charge is 0.320 e. The van der Waals surface area contributed by atoms with Gasteiger partial charge < -0.3 is 5.11 Å². The van der Waals surface area contributed by atoms with E-state index in [0.717, 1.165) is 38.1 Å². The lowest BCUT2D eigenvalue weighted by Gasteiger charge is -2.32. The minimum atomic E-state index is -0.682. The van der Waals surface area contributed by atoms with Crippen LogP contribution in [0, 0.1) is 0 Å². The minimum absolute atomic E-state index is 0.309. The molecule has 0 spiro atoms. The number of hydrogen-bond donors (Lipinski definition) is 1. The summed E-state index contributed by atoms with van der Waals surface area (Å²) >= 11 is 1.82. The van der Waals surface area contributed by atoms with Gasteiger partial charge in [0.15, 0.2) is 0 Å². The molecule has 0 aromatic heterocycles. The molecule has 1 aliphatic heterocycles. The first-order valence-corrected chi connectivity index (χ1v) is 7.88. The third-order valence-electron chi connectivity index (χ3n) is 3.49. The van der Waals surface area contributed by atoms with Crippen LogP contribution < -0.4 is 0 Å². The van der Waals surface area contributed by atoms with Crippen molar-refractivity contribution in [2.45, 2.75) is 43.7 Å². The van der Waals surface area contributed by atoms with E-state index < -0.39 is 5.97 Å². The highest BCUT2D eigenvalue weighted by molar-refractivity contribution is 7.99. The van der Waals surface area contributed by atoms with Gasteiger partial charge in [0.05, 0.1) is 0 Å². The summed E-state index contributed by atoms with van der Waals surface area (Å²) < 4.78 is 0. The van der Waals surface area contributed by atoms with Gasteiger partial charge in [-0.3, -0.25) is 9.69 Å². The van der Waals surface area contributed by atoms with Gasteiger partial charge in [-0.05, 0) is 42.8 Å². The number of likely N-dealkylation sites (tertiary alicyclic amines) is 1. The number of aliphatic carboxylic acids is 1. The third-order valence-corrected chi connectivity index (χ3v) is 4.37. The SMILES string of the molecule is CCSc1cccc(CN2CCCCC2C(=O)O)c1. The molecule has 1 fully saturated rings.